The molecule has 2 heterocycles. The molecule has 0 unspecified atom stereocenters. The van der Waals surface area contributed by atoms with Gasteiger partial charge in [0.1, 0.15) is 16.4 Å². The van der Waals surface area contributed by atoms with Crippen molar-refractivity contribution in [2.45, 2.75) is 0 Å². The minimum atomic E-state index is 0.470. The Hall–Kier alpha value is -1.80. The highest BCUT2D eigenvalue weighted by atomic mass is 35.5. The summed E-state index contributed by atoms with van der Waals surface area (Å²) in [6.07, 6.45) is 0. The third kappa shape index (κ3) is 1.57. The highest BCUT2D eigenvalue weighted by molar-refractivity contribution is 6.29. The van der Waals surface area contributed by atoms with E-state index in [0.717, 1.165) is 22.4 Å². The van der Waals surface area contributed by atoms with Crippen molar-refractivity contribution in [2.75, 3.05) is 0 Å². The van der Waals surface area contributed by atoms with Crippen molar-refractivity contribution in [2.24, 2.45) is 0 Å². The van der Waals surface area contributed by atoms with E-state index in [9.17, 15) is 0 Å². The van der Waals surface area contributed by atoms with Crippen molar-refractivity contribution < 1.29 is 4.42 Å². The summed E-state index contributed by atoms with van der Waals surface area (Å²) in [4.78, 5) is 4.21. The first-order valence-corrected chi connectivity index (χ1v) is 5.32. The van der Waals surface area contributed by atoms with Crippen molar-refractivity contribution in [3.8, 4) is 11.5 Å². The second-order valence-corrected chi connectivity index (χ2v) is 3.88. The number of hydrogen-bond acceptors (Lipinski definition) is 2. The van der Waals surface area contributed by atoms with E-state index in [4.69, 9.17) is 16.0 Å². The summed E-state index contributed by atoms with van der Waals surface area (Å²) < 4.78 is 5.69. The van der Waals surface area contributed by atoms with Gasteiger partial charge in [0, 0.05) is 5.39 Å². The number of furan rings is 1. The first-order chi connectivity index (χ1) is 7.83. The lowest BCUT2D eigenvalue weighted by atomic mass is 10.2. The maximum absolute atomic E-state index is 5.84. The van der Waals surface area contributed by atoms with E-state index >= 15 is 0 Å². The molecule has 0 saturated heterocycles. The van der Waals surface area contributed by atoms with Crippen LogP contribution in [0.1, 0.15) is 0 Å². The summed E-state index contributed by atoms with van der Waals surface area (Å²) in [6.45, 7) is 0. The number of pyridine rings is 1. The predicted molar refractivity (Wildman–Crippen MR) is 64.5 cm³/mol. The van der Waals surface area contributed by atoms with E-state index in [1.807, 2.05) is 42.5 Å². The average molecular weight is 230 g/mol. The summed E-state index contributed by atoms with van der Waals surface area (Å²) in [5, 5.41) is 1.54. The third-order valence-corrected chi connectivity index (χ3v) is 2.60. The molecular formula is C13H8ClNO. The van der Waals surface area contributed by atoms with Gasteiger partial charge in [0.25, 0.3) is 0 Å². The Morgan fingerprint density at radius 3 is 2.69 bits per heavy atom. The zero-order valence-corrected chi connectivity index (χ0v) is 9.11. The van der Waals surface area contributed by atoms with Gasteiger partial charge in [-0.15, -0.1) is 0 Å². The molecule has 3 aromatic rings. The molecule has 3 rings (SSSR count). The van der Waals surface area contributed by atoms with Gasteiger partial charge in [-0.05, 0) is 24.3 Å². The van der Waals surface area contributed by atoms with Crippen molar-refractivity contribution in [1.82, 2.24) is 4.98 Å². The standard InChI is InChI=1S/C13H8ClNO/c14-13-7-3-5-10(15-13)12-8-9-4-1-2-6-11(9)16-12/h1-8H. The van der Waals surface area contributed by atoms with Crippen LogP contribution in [0.3, 0.4) is 0 Å². The maximum atomic E-state index is 5.84. The summed E-state index contributed by atoms with van der Waals surface area (Å²) in [5.41, 5.74) is 1.61. The lowest BCUT2D eigenvalue weighted by molar-refractivity contribution is 0.629. The SMILES string of the molecule is Clc1cccc(-c2cc3ccccc3o2)n1. The fourth-order valence-electron chi connectivity index (χ4n) is 1.65. The second kappa shape index (κ2) is 3.65. The number of nitrogens with zero attached hydrogens (tertiary/aromatic N) is 1. The first kappa shape index (κ1) is 9.43. The molecular weight excluding hydrogens is 222 g/mol. The smallest absolute Gasteiger partial charge is 0.153 e. The van der Waals surface area contributed by atoms with Crippen LogP contribution < -0.4 is 0 Å². The Bertz CT molecular complexity index is 612. The summed E-state index contributed by atoms with van der Waals surface area (Å²) in [5.74, 6) is 0.740. The molecule has 2 aromatic heterocycles. The minimum Gasteiger partial charge on any atom is -0.454 e. The van der Waals surface area contributed by atoms with Gasteiger partial charge in [-0.3, -0.25) is 0 Å². The molecule has 0 saturated carbocycles. The predicted octanol–water partition coefficient (Wildman–Crippen LogP) is 4.15. The zero-order valence-electron chi connectivity index (χ0n) is 8.35. The average Bonchev–Trinajstić information content (AvgIpc) is 2.72. The molecule has 0 aliphatic carbocycles. The van der Waals surface area contributed by atoms with Gasteiger partial charge in [-0.1, -0.05) is 35.9 Å². The molecule has 0 aliphatic heterocycles. The van der Waals surface area contributed by atoms with Gasteiger partial charge in [0.15, 0.2) is 5.76 Å². The van der Waals surface area contributed by atoms with Gasteiger partial charge in [0.05, 0.1) is 0 Å². The number of halogens is 1. The van der Waals surface area contributed by atoms with E-state index in [-0.39, 0.29) is 0 Å². The molecule has 0 bridgehead atoms. The van der Waals surface area contributed by atoms with Crippen LogP contribution in [0, 0.1) is 0 Å². The molecule has 0 aliphatic rings. The Morgan fingerprint density at radius 2 is 1.88 bits per heavy atom. The fourth-order valence-corrected chi connectivity index (χ4v) is 1.82. The quantitative estimate of drug-likeness (QED) is 0.586. The summed E-state index contributed by atoms with van der Waals surface area (Å²) in [6, 6.07) is 15.3. The number of fused-ring (bicyclic) bond motifs is 1. The van der Waals surface area contributed by atoms with Crippen LogP contribution in [0.5, 0.6) is 0 Å². The van der Waals surface area contributed by atoms with E-state index in [2.05, 4.69) is 4.98 Å². The molecule has 0 atom stereocenters. The zero-order chi connectivity index (χ0) is 11.0. The lowest BCUT2D eigenvalue weighted by Crippen LogP contribution is -1.79. The number of rotatable bonds is 1. The molecule has 78 valence electrons. The number of hydrogen-bond donors (Lipinski definition) is 0. The Kier molecular flexibility index (Phi) is 2.15. The van der Waals surface area contributed by atoms with Crippen molar-refractivity contribution in [3.05, 3.63) is 53.7 Å². The fraction of sp³-hybridized carbons (Fsp3) is 0. The highest BCUT2D eigenvalue weighted by Gasteiger charge is 2.06. The topological polar surface area (TPSA) is 26.0 Å². The molecule has 1 aromatic carbocycles. The van der Waals surface area contributed by atoms with Crippen LogP contribution in [-0.2, 0) is 0 Å². The van der Waals surface area contributed by atoms with Gasteiger partial charge >= 0.3 is 0 Å². The monoisotopic (exact) mass is 229 g/mol. The Morgan fingerprint density at radius 1 is 1.00 bits per heavy atom. The largest absolute Gasteiger partial charge is 0.454 e. The van der Waals surface area contributed by atoms with Crippen LogP contribution >= 0.6 is 11.6 Å². The third-order valence-electron chi connectivity index (χ3n) is 2.39. The maximum Gasteiger partial charge on any atom is 0.153 e. The van der Waals surface area contributed by atoms with Crippen LogP contribution in [0.15, 0.2) is 52.9 Å². The van der Waals surface area contributed by atoms with E-state index in [1.54, 1.807) is 6.07 Å². The molecule has 0 N–H and O–H groups in total. The van der Waals surface area contributed by atoms with Crippen LogP contribution in [0.2, 0.25) is 5.15 Å². The number of benzene rings is 1. The van der Waals surface area contributed by atoms with Gasteiger partial charge in [0.2, 0.25) is 0 Å². The van der Waals surface area contributed by atoms with Crippen LogP contribution in [0.25, 0.3) is 22.4 Å². The molecule has 0 spiro atoms. The summed E-state index contributed by atoms with van der Waals surface area (Å²) >= 11 is 5.84. The lowest BCUT2D eigenvalue weighted by Gasteiger charge is -1.95. The minimum absolute atomic E-state index is 0.470. The first-order valence-electron chi connectivity index (χ1n) is 4.94. The van der Waals surface area contributed by atoms with Crippen molar-refractivity contribution in [3.63, 3.8) is 0 Å². The van der Waals surface area contributed by atoms with Crippen molar-refractivity contribution >= 4 is 22.6 Å². The van der Waals surface area contributed by atoms with Crippen LogP contribution in [-0.4, -0.2) is 4.98 Å². The Labute approximate surface area is 97.5 Å². The highest BCUT2D eigenvalue weighted by Crippen LogP contribution is 2.26. The van der Waals surface area contributed by atoms with Crippen LogP contribution in [0.4, 0.5) is 0 Å². The summed E-state index contributed by atoms with van der Waals surface area (Å²) in [7, 11) is 0. The Balaban J connectivity index is 2.19. The van der Waals surface area contributed by atoms with E-state index < -0.39 is 0 Å². The molecule has 0 amide bonds. The van der Waals surface area contributed by atoms with Gasteiger partial charge < -0.3 is 4.42 Å². The molecule has 0 radical (unpaired) electrons. The number of para-hydroxylation sites is 1. The second-order valence-electron chi connectivity index (χ2n) is 3.49. The number of aromatic nitrogens is 1. The molecule has 2 nitrogen and oxygen atoms in total. The molecule has 3 heteroatoms. The van der Waals surface area contributed by atoms with Gasteiger partial charge in [-0.25, -0.2) is 4.98 Å². The van der Waals surface area contributed by atoms with E-state index in [0.29, 0.717) is 5.15 Å². The van der Waals surface area contributed by atoms with Gasteiger partial charge in [-0.2, -0.15) is 0 Å². The van der Waals surface area contributed by atoms with Crippen molar-refractivity contribution in [1.29, 1.82) is 0 Å². The van der Waals surface area contributed by atoms with E-state index in [1.165, 1.54) is 0 Å². The molecule has 0 fully saturated rings. The molecule has 16 heavy (non-hydrogen) atoms. The normalized spacial score (nSPS) is 10.8.